The summed E-state index contributed by atoms with van der Waals surface area (Å²) in [7, 11) is 0. The van der Waals surface area contributed by atoms with E-state index >= 15 is 8.78 Å². The summed E-state index contributed by atoms with van der Waals surface area (Å²) in [6.45, 7) is 2.12. The van der Waals surface area contributed by atoms with Gasteiger partial charge in [0.1, 0.15) is 17.9 Å². The van der Waals surface area contributed by atoms with Crippen LogP contribution >= 0.6 is 11.3 Å². The first-order chi connectivity index (χ1) is 20.5. The molecule has 0 unspecified atom stereocenters. The summed E-state index contributed by atoms with van der Waals surface area (Å²) in [4.78, 5) is 50.1. The van der Waals surface area contributed by atoms with Crippen molar-refractivity contribution in [1.29, 1.82) is 0 Å². The number of hydrogen-bond acceptors (Lipinski definition) is 9. The zero-order valence-electron chi connectivity index (χ0n) is 23.4. The van der Waals surface area contributed by atoms with Crippen LogP contribution in [-0.4, -0.2) is 87.8 Å². The van der Waals surface area contributed by atoms with Crippen LogP contribution in [0.4, 0.5) is 13.2 Å². The summed E-state index contributed by atoms with van der Waals surface area (Å²) in [5.41, 5.74) is 0.923. The molecular weight excluding hydrogens is 587 g/mol. The molecule has 228 valence electrons. The Kier molecular flexibility index (Phi) is 7.53. The van der Waals surface area contributed by atoms with Crippen LogP contribution in [0, 0.1) is 24.6 Å². The lowest BCUT2D eigenvalue weighted by Gasteiger charge is -2.40. The Balaban J connectivity index is 1.38. The second kappa shape index (κ2) is 11.1. The van der Waals surface area contributed by atoms with Crippen LogP contribution in [0.3, 0.4) is 0 Å². The maximum absolute atomic E-state index is 15.4. The van der Waals surface area contributed by atoms with Crippen LogP contribution in [0.5, 0.6) is 0 Å². The number of thiazole rings is 1. The third-order valence-electron chi connectivity index (χ3n) is 8.79. The number of carbonyl (C=O) groups excluding carboxylic acids is 2. The van der Waals surface area contributed by atoms with Crippen LogP contribution in [-0.2, 0) is 19.1 Å². The third kappa shape index (κ3) is 5.09. The van der Waals surface area contributed by atoms with Crippen LogP contribution in [0.15, 0.2) is 46.0 Å². The molecule has 2 N–H and O–H groups in total. The molecular formula is C29H30F3N5O5S. The number of fused-ring (bicyclic) bond motifs is 1. The fraction of sp³-hybridized carbons (Fsp3) is 0.483. The lowest BCUT2D eigenvalue weighted by molar-refractivity contribution is -0.150. The molecule has 1 saturated carbocycles. The third-order valence-corrected chi connectivity index (χ3v) is 9.57. The van der Waals surface area contributed by atoms with Gasteiger partial charge in [-0.2, -0.15) is 0 Å². The second-order valence-corrected chi connectivity index (χ2v) is 12.2. The van der Waals surface area contributed by atoms with Gasteiger partial charge in [0.2, 0.25) is 5.91 Å². The Bertz CT molecular complexity index is 1520. The number of aromatic nitrogens is 1. The summed E-state index contributed by atoms with van der Waals surface area (Å²) >= 11 is 1.28. The number of carbonyl (C=O) groups is 3. The topological polar surface area (TPSA) is 124 Å². The number of ether oxygens (including phenoxy) is 1. The summed E-state index contributed by atoms with van der Waals surface area (Å²) in [5.74, 6) is -7.47. The van der Waals surface area contributed by atoms with Crippen LogP contribution < -0.4 is 5.32 Å². The van der Waals surface area contributed by atoms with Crippen LogP contribution in [0.2, 0.25) is 0 Å². The van der Waals surface area contributed by atoms with E-state index in [1.807, 2.05) is 0 Å². The van der Waals surface area contributed by atoms with Gasteiger partial charge in [-0.15, -0.1) is 11.3 Å². The first kappa shape index (κ1) is 29.3. The molecule has 2 aromatic rings. The van der Waals surface area contributed by atoms with Gasteiger partial charge in [-0.25, -0.2) is 22.9 Å². The lowest BCUT2D eigenvalue weighted by atomic mass is 9.79. The summed E-state index contributed by atoms with van der Waals surface area (Å²) in [5, 5.41) is 14.6. The zero-order valence-corrected chi connectivity index (χ0v) is 24.2. The number of esters is 1. The smallest absolute Gasteiger partial charge is 0.338 e. The molecule has 1 aromatic carbocycles. The predicted molar refractivity (Wildman–Crippen MR) is 149 cm³/mol. The minimum absolute atomic E-state index is 0.0339. The molecule has 2 saturated heterocycles. The van der Waals surface area contributed by atoms with E-state index < -0.39 is 66.1 Å². The zero-order chi connectivity index (χ0) is 30.6. The van der Waals surface area contributed by atoms with Gasteiger partial charge < -0.3 is 20.1 Å². The number of aliphatic imine (C=N–C) groups is 1. The van der Waals surface area contributed by atoms with Crippen molar-refractivity contribution in [3.63, 3.8) is 0 Å². The Hall–Kier alpha value is -3.78. The van der Waals surface area contributed by atoms with E-state index in [0.29, 0.717) is 10.6 Å². The highest BCUT2D eigenvalue weighted by atomic mass is 32.1. The Morgan fingerprint density at radius 2 is 2.05 bits per heavy atom. The van der Waals surface area contributed by atoms with E-state index in [-0.39, 0.29) is 55.2 Å². The van der Waals surface area contributed by atoms with Crippen molar-refractivity contribution in [2.45, 2.75) is 50.7 Å². The fourth-order valence-electron chi connectivity index (χ4n) is 6.50. The van der Waals surface area contributed by atoms with E-state index in [9.17, 15) is 23.9 Å². The molecule has 0 radical (unpaired) electrons. The van der Waals surface area contributed by atoms with Crippen molar-refractivity contribution >= 4 is 35.0 Å². The molecule has 1 amide bonds. The molecule has 1 aromatic heterocycles. The van der Waals surface area contributed by atoms with Gasteiger partial charge in [0.15, 0.2) is 10.8 Å². The first-order valence-electron chi connectivity index (χ1n) is 14.0. The number of alkyl halides is 2. The number of amides is 1. The number of amidine groups is 1. The Morgan fingerprint density at radius 3 is 2.72 bits per heavy atom. The molecule has 4 aliphatic rings. The maximum Gasteiger partial charge on any atom is 0.338 e. The number of aliphatic carboxylic acids is 1. The SMILES string of the molecule is CCOC(=O)C1=C(CN2CC(F)(F)[C@@H]3CN(C4CC(C(=O)O)C4)C(=O)[C@@H]32)NC(c2nccs2)=N[C@H]1c1cccc(F)c1C. The standard InChI is InChI=1S/C29H30F3N5O5S/c1-3-42-28(41)21-20(34-24(25-33-7-8-43-25)35-22(21)17-5-4-6-19(30)14(17)2)12-36-13-29(31,32)18-11-37(26(38)23(18)36)16-9-15(10-16)27(39)40/h4-8,15-16,18,22-23H,3,9-13H2,1-2H3,(H,34,35)(H,39,40)/t15?,16?,18-,22+,23-/m1/s1. The molecule has 3 atom stereocenters. The van der Waals surface area contributed by atoms with E-state index in [2.05, 4.69) is 10.3 Å². The molecule has 3 fully saturated rings. The fourth-order valence-corrected chi connectivity index (χ4v) is 7.09. The van der Waals surface area contributed by atoms with Crippen molar-refractivity contribution in [2.75, 3.05) is 26.2 Å². The molecule has 43 heavy (non-hydrogen) atoms. The highest BCUT2D eigenvalue weighted by Gasteiger charge is 2.63. The largest absolute Gasteiger partial charge is 0.481 e. The van der Waals surface area contributed by atoms with E-state index in [0.717, 1.165) is 0 Å². The number of nitrogens with one attached hydrogen (secondary N) is 1. The van der Waals surface area contributed by atoms with Crippen molar-refractivity contribution in [3.05, 3.63) is 63.0 Å². The minimum Gasteiger partial charge on any atom is -0.481 e. The summed E-state index contributed by atoms with van der Waals surface area (Å²) in [6.07, 6.45) is 2.03. The van der Waals surface area contributed by atoms with Gasteiger partial charge in [0.25, 0.3) is 5.92 Å². The van der Waals surface area contributed by atoms with E-state index in [1.165, 1.54) is 33.3 Å². The number of carboxylic acid groups (broad SMARTS) is 1. The molecule has 3 aliphatic heterocycles. The monoisotopic (exact) mass is 617 g/mol. The number of rotatable bonds is 8. The number of nitrogens with zero attached hydrogens (tertiary/aromatic N) is 4. The van der Waals surface area contributed by atoms with E-state index in [1.54, 1.807) is 31.5 Å². The van der Waals surface area contributed by atoms with Crippen molar-refractivity contribution in [3.8, 4) is 0 Å². The number of carboxylic acids is 1. The predicted octanol–water partition coefficient (Wildman–Crippen LogP) is 3.14. The Labute approximate surface area is 249 Å². The van der Waals surface area contributed by atoms with Crippen LogP contribution in [0.1, 0.15) is 41.9 Å². The average Bonchev–Trinajstić information content (AvgIpc) is 3.63. The average molecular weight is 618 g/mol. The Morgan fingerprint density at radius 1 is 1.28 bits per heavy atom. The molecule has 14 heteroatoms. The van der Waals surface area contributed by atoms with Crippen LogP contribution in [0.25, 0.3) is 0 Å². The highest BCUT2D eigenvalue weighted by Crippen LogP contribution is 2.46. The van der Waals surface area contributed by atoms with E-state index in [4.69, 9.17) is 9.73 Å². The molecule has 4 heterocycles. The highest BCUT2D eigenvalue weighted by molar-refractivity contribution is 7.11. The van der Waals surface area contributed by atoms with Gasteiger partial charge in [0, 0.05) is 36.4 Å². The lowest BCUT2D eigenvalue weighted by Crippen LogP contribution is -2.51. The number of halogens is 3. The molecule has 1 aliphatic carbocycles. The maximum atomic E-state index is 15.4. The number of hydrogen-bond donors (Lipinski definition) is 2. The van der Waals surface area contributed by atoms with Gasteiger partial charge in [-0.05, 0) is 43.9 Å². The van der Waals surface area contributed by atoms with Gasteiger partial charge >= 0.3 is 11.9 Å². The minimum atomic E-state index is -3.20. The van der Waals surface area contributed by atoms with Crippen molar-refractivity contribution < 1.29 is 37.4 Å². The normalized spacial score (nSPS) is 28.3. The molecule has 0 bridgehead atoms. The summed E-state index contributed by atoms with van der Waals surface area (Å²) in [6, 6.07) is 1.87. The number of likely N-dealkylation sites (tertiary alicyclic amines) is 2. The van der Waals surface area contributed by atoms with Crippen molar-refractivity contribution in [2.24, 2.45) is 16.8 Å². The molecule has 10 nitrogen and oxygen atoms in total. The second-order valence-electron chi connectivity index (χ2n) is 11.3. The quantitative estimate of drug-likeness (QED) is 0.433. The van der Waals surface area contributed by atoms with Gasteiger partial charge in [0.05, 0.1) is 30.6 Å². The molecule has 6 rings (SSSR count). The van der Waals surface area contributed by atoms with Gasteiger partial charge in [-0.1, -0.05) is 12.1 Å². The molecule has 0 spiro atoms. The summed E-state index contributed by atoms with van der Waals surface area (Å²) < 4.78 is 51.0. The van der Waals surface area contributed by atoms with Crippen molar-refractivity contribution in [1.82, 2.24) is 20.1 Å². The van der Waals surface area contributed by atoms with Gasteiger partial charge in [-0.3, -0.25) is 19.5 Å². The number of benzene rings is 1. The first-order valence-corrected chi connectivity index (χ1v) is 14.9.